The quantitative estimate of drug-likeness (QED) is 0.391. The van der Waals surface area contributed by atoms with Crippen molar-refractivity contribution in [2.24, 2.45) is 5.41 Å². The van der Waals surface area contributed by atoms with Gasteiger partial charge in [0, 0.05) is 5.41 Å². The van der Waals surface area contributed by atoms with Gasteiger partial charge in [-0.3, -0.25) is 0 Å². The van der Waals surface area contributed by atoms with Gasteiger partial charge in [0.05, 0.1) is 38.3 Å². The molecule has 0 spiro atoms. The molecule has 0 aliphatic carbocycles. The third-order valence-electron chi connectivity index (χ3n) is 2.52. The predicted octanol–water partition coefficient (Wildman–Crippen LogP) is 0.371. The van der Waals surface area contributed by atoms with Crippen molar-refractivity contribution < 1.29 is 30.0 Å². The lowest BCUT2D eigenvalue weighted by Gasteiger charge is -2.24. The molecule has 0 bridgehead atoms. The maximum absolute atomic E-state index is 10.1. The maximum atomic E-state index is 10.1. The maximum Gasteiger partial charge on any atom is 0.334 e. The molecule has 0 aromatic heterocycles. The van der Waals surface area contributed by atoms with Crippen LogP contribution >= 0.6 is 0 Å². The number of carbonyl (C=O) groups is 1. The second-order valence-corrected chi connectivity index (χ2v) is 3.89. The molecule has 0 radical (unpaired) electrons. The monoisotopic (exact) mass is 264 g/mol. The molecule has 0 aromatic rings. The second-order valence-electron chi connectivity index (χ2n) is 3.89. The molecule has 0 saturated carbocycles. The van der Waals surface area contributed by atoms with Crippen LogP contribution in [0.1, 0.15) is 27.2 Å². The molecule has 108 valence electrons. The third-order valence-corrected chi connectivity index (χ3v) is 2.52. The normalized spacial score (nSPS) is 11.6. The smallest absolute Gasteiger partial charge is 0.334 e. The average Bonchev–Trinajstić information content (AvgIpc) is 2.40. The molecule has 0 heterocycles. The Morgan fingerprint density at radius 3 is 1.78 bits per heavy atom. The fraction of sp³-hybridized carbons (Fsp3) is 0.750. The van der Waals surface area contributed by atoms with E-state index in [1.165, 1.54) is 13.2 Å². The highest BCUT2D eigenvalue weighted by Crippen LogP contribution is 2.18. The van der Waals surface area contributed by atoms with Crippen LogP contribution in [0, 0.1) is 5.41 Å². The summed E-state index contributed by atoms with van der Waals surface area (Å²) in [6, 6.07) is 0. The summed E-state index contributed by atoms with van der Waals surface area (Å²) in [4.78, 5) is 10.1. The molecule has 0 rings (SSSR count). The lowest BCUT2D eigenvalue weighted by molar-refractivity contribution is -0.132. The summed E-state index contributed by atoms with van der Waals surface area (Å²) in [6.07, 6.45) is 1.83. The van der Waals surface area contributed by atoms with E-state index in [4.69, 9.17) is 25.2 Å². The summed E-state index contributed by atoms with van der Waals surface area (Å²) in [6.45, 7) is 5.14. The molecule has 0 amide bonds. The van der Waals surface area contributed by atoms with Crippen molar-refractivity contribution in [3.63, 3.8) is 0 Å². The first-order valence-corrected chi connectivity index (χ1v) is 5.77. The van der Waals surface area contributed by atoms with Crippen LogP contribution in [0.4, 0.5) is 0 Å². The number of carboxylic acid groups (broad SMARTS) is 1. The number of aliphatic carboxylic acids is 1. The number of aliphatic hydroxyl groups is 3. The molecule has 0 atom stereocenters. The van der Waals surface area contributed by atoms with Crippen molar-refractivity contribution in [1.29, 1.82) is 0 Å². The van der Waals surface area contributed by atoms with Crippen molar-refractivity contribution in [2.45, 2.75) is 27.2 Å². The second kappa shape index (κ2) is 11.0. The molecule has 0 saturated heterocycles. The molecule has 0 aromatic carbocycles. The molecule has 0 fully saturated rings. The van der Waals surface area contributed by atoms with Crippen molar-refractivity contribution in [3.8, 4) is 0 Å². The van der Waals surface area contributed by atoms with Crippen LogP contribution in [0.5, 0.6) is 0 Å². The van der Waals surface area contributed by atoms with E-state index < -0.39 is 11.4 Å². The van der Waals surface area contributed by atoms with E-state index in [9.17, 15) is 4.79 Å². The van der Waals surface area contributed by atoms with Crippen molar-refractivity contribution >= 4 is 5.97 Å². The van der Waals surface area contributed by atoms with Gasteiger partial charge in [-0.1, -0.05) is 6.92 Å². The van der Waals surface area contributed by atoms with Crippen LogP contribution in [-0.2, 0) is 9.53 Å². The van der Waals surface area contributed by atoms with Gasteiger partial charge in [-0.25, -0.2) is 4.79 Å². The molecule has 6 nitrogen and oxygen atoms in total. The van der Waals surface area contributed by atoms with E-state index in [0.29, 0.717) is 13.0 Å². The molecule has 0 aliphatic heterocycles. The van der Waals surface area contributed by atoms with Gasteiger partial charge in [-0.05, 0) is 20.3 Å². The number of aliphatic hydroxyl groups excluding tert-OH is 3. The lowest BCUT2D eigenvalue weighted by atomic mass is 9.88. The number of hydrogen-bond donors (Lipinski definition) is 4. The number of hydrogen-bond acceptors (Lipinski definition) is 5. The topological polar surface area (TPSA) is 107 Å². The first-order chi connectivity index (χ1) is 8.42. The van der Waals surface area contributed by atoms with E-state index in [0.717, 1.165) is 0 Å². The van der Waals surface area contributed by atoms with Gasteiger partial charge in [0.25, 0.3) is 0 Å². The summed E-state index contributed by atoms with van der Waals surface area (Å²) < 4.78 is 4.71. The van der Waals surface area contributed by atoms with Crippen LogP contribution in [0.2, 0.25) is 0 Å². The molecule has 4 N–H and O–H groups in total. The number of rotatable bonds is 7. The summed E-state index contributed by atoms with van der Waals surface area (Å²) in [5.74, 6) is -0.941. The Morgan fingerprint density at radius 2 is 1.61 bits per heavy atom. The summed E-state index contributed by atoms with van der Waals surface area (Å²) in [7, 11) is 0. The van der Waals surface area contributed by atoms with Gasteiger partial charge in [0.15, 0.2) is 0 Å². The van der Waals surface area contributed by atoms with E-state index in [-0.39, 0.29) is 25.4 Å². The van der Waals surface area contributed by atoms with E-state index >= 15 is 0 Å². The Kier molecular flexibility index (Phi) is 11.8. The molecule has 0 unspecified atom stereocenters. The third kappa shape index (κ3) is 8.05. The molecule has 0 aliphatic rings. The van der Waals surface area contributed by atoms with Crippen LogP contribution < -0.4 is 0 Å². The highest BCUT2D eigenvalue weighted by Gasteiger charge is 2.24. The average molecular weight is 264 g/mol. The lowest BCUT2D eigenvalue weighted by Crippen LogP contribution is -2.32. The van der Waals surface area contributed by atoms with Crippen LogP contribution in [0.25, 0.3) is 0 Å². The number of carboxylic acids is 1. The Labute approximate surface area is 108 Å². The SMILES string of the molecule is CCC(CO)(CO)CO.CCOC=C(C)C(=O)O. The minimum absolute atomic E-state index is 0.156. The fourth-order valence-electron chi connectivity index (χ4n) is 0.744. The zero-order chi connectivity index (χ0) is 14.6. The van der Waals surface area contributed by atoms with Crippen LogP contribution in [-0.4, -0.2) is 52.8 Å². The van der Waals surface area contributed by atoms with Gasteiger partial charge in [-0.2, -0.15) is 0 Å². The predicted molar refractivity (Wildman–Crippen MR) is 67.0 cm³/mol. The summed E-state index contributed by atoms with van der Waals surface area (Å²) >= 11 is 0. The van der Waals surface area contributed by atoms with Crippen molar-refractivity contribution in [2.75, 3.05) is 26.4 Å². The first-order valence-electron chi connectivity index (χ1n) is 5.77. The van der Waals surface area contributed by atoms with Crippen LogP contribution in [0.3, 0.4) is 0 Å². The van der Waals surface area contributed by atoms with Gasteiger partial charge in [-0.15, -0.1) is 0 Å². The molecule has 6 heteroatoms. The highest BCUT2D eigenvalue weighted by atomic mass is 16.5. The first kappa shape index (κ1) is 19.2. The summed E-state index contributed by atoms with van der Waals surface area (Å²) in [5.41, 5.74) is -0.447. The van der Waals surface area contributed by atoms with Crippen molar-refractivity contribution in [1.82, 2.24) is 0 Å². The Balaban J connectivity index is 0. The molecular weight excluding hydrogens is 240 g/mol. The summed E-state index contributed by atoms with van der Waals surface area (Å²) in [5, 5.41) is 34.2. The highest BCUT2D eigenvalue weighted by molar-refractivity contribution is 5.85. The minimum Gasteiger partial charge on any atom is -0.501 e. The standard InChI is InChI=1S/C6H10O3.C6H14O3/c1-3-9-4-5(2)6(7)8;1-2-6(3-7,4-8)5-9/h4H,3H2,1-2H3,(H,7,8);7-9H,2-5H2,1H3. The van der Waals surface area contributed by atoms with Gasteiger partial charge >= 0.3 is 5.97 Å². The zero-order valence-electron chi connectivity index (χ0n) is 11.2. The van der Waals surface area contributed by atoms with Gasteiger partial charge in [0.2, 0.25) is 0 Å². The molecule has 18 heavy (non-hydrogen) atoms. The Morgan fingerprint density at radius 1 is 1.17 bits per heavy atom. The largest absolute Gasteiger partial charge is 0.501 e. The van der Waals surface area contributed by atoms with Crippen LogP contribution in [0.15, 0.2) is 11.8 Å². The fourth-order valence-corrected chi connectivity index (χ4v) is 0.744. The zero-order valence-corrected chi connectivity index (χ0v) is 11.2. The number of ether oxygens (including phenoxy) is 1. The van der Waals surface area contributed by atoms with Gasteiger partial charge < -0.3 is 25.2 Å². The Bertz CT molecular complexity index is 227. The van der Waals surface area contributed by atoms with Gasteiger partial charge in [0.1, 0.15) is 0 Å². The van der Waals surface area contributed by atoms with E-state index in [1.807, 2.05) is 6.92 Å². The Hall–Kier alpha value is -1.11. The minimum atomic E-state index is -0.941. The van der Waals surface area contributed by atoms with Crippen molar-refractivity contribution in [3.05, 3.63) is 11.8 Å². The van der Waals surface area contributed by atoms with E-state index in [1.54, 1.807) is 6.92 Å². The molecular formula is C12H24O6. The van der Waals surface area contributed by atoms with E-state index in [2.05, 4.69) is 0 Å².